The van der Waals surface area contributed by atoms with Crippen LogP contribution in [0.25, 0.3) is 0 Å². The highest BCUT2D eigenvalue weighted by molar-refractivity contribution is 5.78. The van der Waals surface area contributed by atoms with Gasteiger partial charge in [0.05, 0.1) is 19.6 Å². The molecule has 1 aliphatic rings. The minimum Gasteiger partial charge on any atom is -0.332 e. The summed E-state index contributed by atoms with van der Waals surface area (Å²) in [5.74, 6) is 3.45. The molecule has 16 heavy (non-hydrogen) atoms. The first-order chi connectivity index (χ1) is 7.81. The van der Waals surface area contributed by atoms with Gasteiger partial charge in [-0.15, -0.1) is 6.42 Å². The van der Waals surface area contributed by atoms with Gasteiger partial charge in [0.1, 0.15) is 5.82 Å². The number of rotatable bonds is 3. The van der Waals surface area contributed by atoms with Crippen LogP contribution in [0.5, 0.6) is 0 Å². The minimum absolute atomic E-state index is 0.0736. The molecule has 0 aliphatic carbocycles. The van der Waals surface area contributed by atoms with Crippen molar-refractivity contribution in [1.82, 2.24) is 19.8 Å². The second-order valence-corrected chi connectivity index (χ2v) is 3.66. The van der Waals surface area contributed by atoms with E-state index in [-0.39, 0.29) is 5.91 Å². The Morgan fingerprint density at radius 3 is 3.31 bits per heavy atom. The lowest BCUT2D eigenvalue weighted by molar-refractivity contribution is -0.131. The highest BCUT2D eigenvalue weighted by atomic mass is 16.2. The molecular formula is C11H14N4O. The van der Waals surface area contributed by atoms with Crippen molar-refractivity contribution in [1.29, 1.82) is 0 Å². The van der Waals surface area contributed by atoms with Crippen LogP contribution in [0.4, 0.5) is 0 Å². The monoisotopic (exact) mass is 218 g/mol. The maximum Gasteiger partial charge on any atom is 0.237 e. The van der Waals surface area contributed by atoms with Gasteiger partial charge < -0.3 is 9.47 Å². The fourth-order valence-corrected chi connectivity index (χ4v) is 1.74. The molecule has 0 aromatic carbocycles. The van der Waals surface area contributed by atoms with Crippen molar-refractivity contribution >= 4 is 5.91 Å². The Labute approximate surface area is 94.5 Å². The molecule has 1 aromatic heterocycles. The number of hydrogen-bond acceptors (Lipinski definition) is 3. The number of carbonyl (C=O) groups excluding carboxylic acids is 1. The van der Waals surface area contributed by atoms with E-state index in [0.717, 1.165) is 18.9 Å². The Kier molecular flexibility index (Phi) is 3.22. The van der Waals surface area contributed by atoms with Crippen LogP contribution < -0.4 is 5.32 Å². The highest BCUT2D eigenvalue weighted by Gasteiger charge is 2.20. The highest BCUT2D eigenvalue weighted by Crippen LogP contribution is 2.09. The number of fused-ring (bicyclic) bond motifs is 1. The smallest absolute Gasteiger partial charge is 0.237 e. The zero-order valence-corrected chi connectivity index (χ0v) is 9.02. The van der Waals surface area contributed by atoms with E-state index in [2.05, 4.69) is 20.8 Å². The molecular weight excluding hydrogens is 204 g/mol. The number of carbonyl (C=O) groups is 1. The van der Waals surface area contributed by atoms with Crippen LogP contribution in [-0.4, -0.2) is 40.0 Å². The number of nitrogens with one attached hydrogen (secondary N) is 1. The lowest BCUT2D eigenvalue weighted by Gasteiger charge is -2.27. The quantitative estimate of drug-likeness (QED) is 0.547. The molecule has 1 N–H and O–H groups in total. The number of terminal acetylenes is 1. The van der Waals surface area contributed by atoms with Crippen molar-refractivity contribution in [3.8, 4) is 12.3 Å². The van der Waals surface area contributed by atoms with Crippen molar-refractivity contribution < 1.29 is 4.79 Å². The number of nitrogens with zero attached hydrogens (tertiary/aromatic N) is 3. The summed E-state index contributed by atoms with van der Waals surface area (Å²) in [4.78, 5) is 17.8. The molecule has 5 nitrogen and oxygen atoms in total. The molecule has 0 saturated carbocycles. The Balaban J connectivity index is 1.89. The van der Waals surface area contributed by atoms with Crippen LogP contribution in [0.1, 0.15) is 5.82 Å². The summed E-state index contributed by atoms with van der Waals surface area (Å²) in [7, 11) is 0. The summed E-state index contributed by atoms with van der Waals surface area (Å²) >= 11 is 0. The maximum atomic E-state index is 11.8. The van der Waals surface area contributed by atoms with Crippen LogP contribution in [0.2, 0.25) is 0 Å². The van der Waals surface area contributed by atoms with Crippen molar-refractivity contribution in [2.75, 3.05) is 19.6 Å². The maximum absolute atomic E-state index is 11.8. The average molecular weight is 218 g/mol. The van der Waals surface area contributed by atoms with Gasteiger partial charge in [-0.2, -0.15) is 0 Å². The second-order valence-electron chi connectivity index (χ2n) is 3.66. The van der Waals surface area contributed by atoms with E-state index in [1.165, 1.54) is 0 Å². The summed E-state index contributed by atoms with van der Waals surface area (Å²) in [6, 6.07) is 0. The number of hydrogen-bond donors (Lipinski definition) is 1. The van der Waals surface area contributed by atoms with Crippen LogP contribution in [-0.2, 0) is 17.9 Å². The number of imidazole rings is 1. The largest absolute Gasteiger partial charge is 0.332 e. The zero-order chi connectivity index (χ0) is 11.4. The fraction of sp³-hybridized carbons (Fsp3) is 0.455. The Hall–Kier alpha value is -1.80. The van der Waals surface area contributed by atoms with E-state index in [1.54, 1.807) is 11.1 Å². The lowest BCUT2D eigenvalue weighted by atomic mass is 10.3. The fourth-order valence-electron chi connectivity index (χ4n) is 1.74. The molecule has 0 bridgehead atoms. The van der Waals surface area contributed by atoms with Gasteiger partial charge in [0, 0.05) is 25.5 Å². The first-order valence-corrected chi connectivity index (χ1v) is 5.23. The standard InChI is InChI=1S/C11H14N4O/c1-2-3-12-8-11(16)15-7-6-14-5-4-13-10(14)9-15/h1,4-5,12H,3,6-9H2. The average Bonchev–Trinajstić information content (AvgIpc) is 2.76. The second kappa shape index (κ2) is 4.81. The molecule has 0 spiro atoms. The lowest BCUT2D eigenvalue weighted by Crippen LogP contribution is -2.42. The first-order valence-electron chi connectivity index (χ1n) is 5.23. The third kappa shape index (κ3) is 2.23. The van der Waals surface area contributed by atoms with Gasteiger partial charge >= 0.3 is 0 Å². The van der Waals surface area contributed by atoms with Gasteiger partial charge in [0.2, 0.25) is 5.91 Å². The molecule has 0 atom stereocenters. The molecule has 1 aliphatic heterocycles. The molecule has 5 heteroatoms. The van der Waals surface area contributed by atoms with Crippen molar-refractivity contribution in [3.05, 3.63) is 18.2 Å². The van der Waals surface area contributed by atoms with Crippen molar-refractivity contribution in [3.63, 3.8) is 0 Å². The van der Waals surface area contributed by atoms with E-state index in [0.29, 0.717) is 19.6 Å². The number of aromatic nitrogens is 2. The summed E-state index contributed by atoms with van der Waals surface area (Å²) in [6.07, 6.45) is 8.79. The third-order valence-corrected chi connectivity index (χ3v) is 2.60. The predicted octanol–water partition coefficient (Wildman–Crippen LogP) is -0.552. The SMILES string of the molecule is C#CCNCC(=O)N1CCn2ccnc2C1. The van der Waals surface area contributed by atoms with Crippen molar-refractivity contribution in [2.24, 2.45) is 0 Å². The van der Waals surface area contributed by atoms with E-state index >= 15 is 0 Å². The van der Waals surface area contributed by atoms with Gasteiger partial charge in [-0.3, -0.25) is 10.1 Å². The van der Waals surface area contributed by atoms with Gasteiger partial charge in [-0.05, 0) is 0 Å². The van der Waals surface area contributed by atoms with E-state index in [4.69, 9.17) is 6.42 Å². The topological polar surface area (TPSA) is 50.2 Å². The molecule has 2 rings (SSSR count). The molecule has 0 saturated heterocycles. The van der Waals surface area contributed by atoms with Gasteiger partial charge in [0.15, 0.2) is 0 Å². The van der Waals surface area contributed by atoms with E-state index in [9.17, 15) is 4.79 Å². The van der Waals surface area contributed by atoms with Crippen molar-refractivity contribution in [2.45, 2.75) is 13.1 Å². The van der Waals surface area contributed by atoms with Gasteiger partial charge in [0.25, 0.3) is 0 Å². The summed E-state index contributed by atoms with van der Waals surface area (Å²) < 4.78 is 2.07. The summed E-state index contributed by atoms with van der Waals surface area (Å²) in [6.45, 7) is 2.86. The Morgan fingerprint density at radius 2 is 2.50 bits per heavy atom. The minimum atomic E-state index is 0.0736. The summed E-state index contributed by atoms with van der Waals surface area (Å²) in [5, 5.41) is 2.90. The molecule has 84 valence electrons. The van der Waals surface area contributed by atoms with Crippen LogP contribution in [0.3, 0.4) is 0 Å². The third-order valence-electron chi connectivity index (χ3n) is 2.60. The Bertz CT molecular complexity index is 418. The molecule has 1 amide bonds. The van der Waals surface area contributed by atoms with Crippen LogP contribution >= 0.6 is 0 Å². The first kappa shape index (κ1) is 10.7. The molecule has 2 heterocycles. The van der Waals surface area contributed by atoms with Gasteiger partial charge in [-0.1, -0.05) is 5.92 Å². The molecule has 0 fully saturated rings. The van der Waals surface area contributed by atoms with E-state index in [1.807, 2.05) is 6.20 Å². The predicted molar refractivity (Wildman–Crippen MR) is 59.3 cm³/mol. The normalized spacial score (nSPS) is 14.3. The van der Waals surface area contributed by atoms with Gasteiger partial charge in [-0.25, -0.2) is 4.98 Å². The van der Waals surface area contributed by atoms with E-state index < -0.39 is 0 Å². The van der Waals surface area contributed by atoms with Crippen LogP contribution in [0.15, 0.2) is 12.4 Å². The zero-order valence-electron chi connectivity index (χ0n) is 9.02. The molecule has 1 aromatic rings. The summed E-state index contributed by atoms with van der Waals surface area (Å²) in [5.41, 5.74) is 0. The molecule has 0 unspecified atom stereocenters. The number of amides is 1. The molecule has 0 radical (unpaired) electrons. The Morgan fingerprint density at radius 1 is 1.62 bits per heavy atom. The van der Waals surface area contributed by atoms with Crippen LogP contribution in [0, 0.1) is 12.3 Å².